The Morgan fingerprint density at radius 1 is 1.31 bits per heavy atom. The number of guanidine groups is 1. The second-order valence-corrected chi connectivity index (χ2v) is 7.96. The molecule has 5 nitrogen and oxygen atoms in total. The van der Waals surface area contributed by atoms with Crippen molar-refractivity contribution in [2.24, 2.45) is 10.9 Å². The summed E-state index contributed by atoms with van der Waals surface area (Å²) in [6.07, 6.45) is 3.62. The summed E-state index contributed by atoms with van der Waals surface area (Å²) in [7, 11) is 1.83. The number of halogens is 1. The zero-order valence-electron chi connectivity index (χ0n) is 16.4. The Morgan fingerprint density at radius 3 is 2.69 bits per heavy atom. The van der Waals surface area contributed by atoms with Gasteiger partial charge in [0.25, 0.3) is 0 Å². The topological polar surface area (TPSA) is 48.9 Å². The summed E-state index contributed by atoms with van der Waals surface area (Å²) in [5.74, 6) is 1.48. The van der Waals surface area contributed by atoms with Gasteiger partial charge in [0.1, 0.15) is 0 Å². The maximum Gasteiger partial charge on any atom is 0.191 e. The molecule has 1 unspecified atom stereocenters. The SMILES string of the molecule is CN=C(NCCCOCC(C)C)NCC(c1cccs1)N1CCCC1.I. The van der Waals surface area contributed by atoms with Crippen molar-refractivity contribution in [1.29, 1.82) is 0 Å². The standard InChI is InChI=1S/C19H34N4OS.HI/c1-16(2)15-24-12-7-9-21-19(20-3)22-14-17(18-8-6-13-25-18)23-10-4-5-11-23;/h6,8,13,16-17H,4-5,7,9-12,14-15H2,1-3H3,(H2,20,21,22);1H. The van der Waals surface area contributed by atoms with Crippen LogP contribution in [0.15, 0.2) is 22.5 Å². The molecular formula is C19H35IN4OS. The highest BCUT2D eigenvalue weighted by atomic mass is 127. The first-order valence-corrected chi connectivity index (χ1v) is 10.4. The highest BCUT2D eigenvalue weighted by molar-refractivity contribution is 14.0. The fraction of sp³-hybridized carbons (Fsp3) is 0.737. The van der Waals surface area contributed by atoms with Crippen molar-refractivity contribution in [3.05, 3.63) is 22.4 Å². The average Bonchev–Trinajstić information content (AvgIpc) is 3.30. The second-order valence-electron chi connectivity index (χ2n) is 6.98. The van der Waals surface area contributed by atoms with Gasteiger partial charge in [-0.25, -0.2) is 0 Å². The summed E-state index contributed by atoms with van der Waals surface area (Å²) in [5.41, 5.74) is 0. The van der Waals surface area contributed by atoms with Gasteiger partial charge in [-0.2, -0.15) is 0 Å². The van der Waals surface area contributed by atoms with Gasteiger partial charge in [-0.3, -0.25) is 9.89 Å². The van der Waals surface area contributed by atoms with Crippen LogP contribution < -0.4 is 10.6 Å². The van der Waals surface area contributed by atoms with E-state index in [0.29, 0.717) is 12.0 Å². The maximum absolute atomic E-state index is 5.62. The molecule has 1 fully saturated rings. The van der Waals surface area contributed by atoms with E-state index in [2.05, 4.69) is 51.9 Å². The molecule has 0 spiro atoms. The molecule has 2 heterocycles. The van der Waals surface area contributed by atoms with Crippen molar-refractivity contribution in [2.75, 3.05) is 46.4 Å². The molecule has 0 radical (unpaired) electrons. The molecule has 2 N–H and O–H groups in total. The van der Waals surface area contributed by atoms with E-state index in [4.69, 9.17) is 4.74 Å². The largest absolute Gasteiger partial charge is 0.381 e. The maximum atomic E-state index is 5.62. The van der Waals surface area contributed by atoms with Crippen molar-refractivity contribution in [3.8, 4) is 0 Å². The van der Waals surface area contributed by atoms with E-state index in [0.717, 1.165) is 38.7 Å². The Kier molecular flexibility index (Phi) is 12.5. The van der Waals surface area contributed by atoms with Crippen molar-refractivity contribution in [2.45, 2.75) is 39.2 Å². The van der Waals surface area contributed by atoms with Crippen molar-refractivity contribution < 1.29 is 4.74 Å². The zero-order chi connectivity index (χ0) is 17.9. The van der Waals surface area contributed by atoms with E-state index in [1.165, 1.54) is 30.8 Å². The van der Waals surface area contributed by atoms with E-state index in [1.54, 1.807) is 0 Å². The molecule has 1 saturated heterocycles. The number of hydrogen-bond donors (Lipinski definition) is 2. The Bertz CT molecular complexity index is 490. The Hall–Kier alpha value is -0.380. The highest BCUT2D eigenvalue weighted by Crippen LogP contribution is 2.27. The lowest BCUT2D eigenvalue weighted by Gasteiger charge is -2.27. The van der Waals surface area contributed by atoms with Gasteiger partial charge in [-0.1, -0.05) is 19.9 Å². The first-order valence-electron chi connectivity index (χ1n) is 9.50. The molecule has 0 amide bonds. The third kappa shape index (κ3) is 8.54. The number of hydrogen-bond acceptors (Lipinski definition) is 4. The smallest absolute Gasteiger partial charge is 0.191 e. The third-order valence-electron chi connectivity index (χ3n) is 4.35. The molecule has 1 aliphatic heterocycles. The normalized spacial score (nSPS) is 16.5. The van der Waals surface area contributed by atoms with Crippen LogP contribution >= 0.6 is 35.3 Å². The van der Waals surface area contributed by atoms with Crippen LogP contribution in [-0.2, 0) is 4.74 Å². The molecule has 7 heteroatoms. The van der Waals surface area contributed by atoms with E-state index in [1.807, 2.05) is 18.4 Å². The number of rotatable bonds is 10. The number of nitrogens with one attached hydrogen (secondary N) is 2. The molecule has 1 aliphatic rings. The van der Waals surface area contributed by atoms with E-state index < -0.39 is 0 Å². The van der Waals surface area contributed by atoms with Crippen LogP contribution in [-0.4, -0.2) is 57.3 Å². The molecule has 0 aromatic carbocycles. The van der Waals surface area contributed by atoms with Gasteiger partial charge in [0, 0.05) is 38.2 Å². The van der Waals surface area contributed by atoms with Crippen LogP contribution in [0.25, 0.3) is 0 Å². The zero-order valence-corrected chi connectivity index (χ0v) is 19.5. The van der Waals surface area contributed by atoms with Gasteiger partial charge >= 0.3 is 0 Å². The van der Waals surface area contributed by atoms with Crippen LogP contribution in [0.3, 0.4) is 0 Å². The van der Waals surface area contributed by atoms with Crippen molar-refractivity contribution >= 4 is 41.3 Å². The molecule has 1 aromatic rings. The fourth-order valence-corrected chi connectivity index (χ4v) is 3.92. The summed E-state index contributed by atoms with van der Waals surface area (Å²) >= 11 is 1.85. The molecule has 150 valence electrons. The summed E-state index contributed by atoms with van der Waals surface area (Å²) in [6.45, 7) is 10.2. The quantitative estimate of drug-likeness (QED) is 0.225. The summed E-state index contributed by atoms with van der Waals surface area (Å²) in [4.78, 5) is 8.38. The minimum Gasteiger partial charge on any atom is -0.381 e. The summed E-state index contributed by atoms with van der Waals surface area (Å²) in [5, 5.41) is 9.07. The Balaban J connectivity index is 0.00000338. The molecule has 1 atom stereocenters. The Labute approximate surface area is 180 Å². The van der Waals surface area contributed by atoms with Crippen molar-refractivity contribution in [3.63, 3.8) is 0 Å². The first-order chi connectivity index (χ1) is 12.2. The third-order valence-corrected chi connectivity index (χ3v) is 5.32. The van der Waals surface area contributed by atoms with Gasteiger partial charge < -0.3 is 15.4 Å². The lowest BCUT2D eigenvalue weighted by molar-refractivity contribution is 0.108. The number of likely N-dealkylation sites (tertiary alicyclic amines) is 1. The van der Waals surface area contributed by atoms with Crippen LogP contribution in [0.1, 0.15) is 44.0 Å². The molecule has 1 aromatic heterocycles. The van der Waals surface area contributed by atoms with Crippen LogP contribution in [0, 0.1) is 5.92 Å². The van der Waals surface area contributed by atoms with Gasteiger partial charge in [0.2, 0.25) is 0 Å². The molecule has 0 saturated carbocycles. The summed E-state index contributed by atoms with van der Waals surface area (Å²) < 4.78 is 5.62. The van der Waals surface area contributed by atoms with E-state index in [9.17, 15) is 0 Å². The second kappa shape index (κ2) is 13.7. The van der Waals surface area contributed by atoms with Crippen LogP contribution in [0.2, 0.25) is 0 Å². The number of nitrogens with zero attached hydrogens (tertiary/aromatic N) is 2. The highest BCUT2D eigenvalue weighted by Gasteiger charge is 2.24. The van der Waals surface area contributed by atoms with Gasteiger partial charge in [0.05, 0.1) is 6.04 Å². The minimum atomic E-state index is 0. The van der Waals surface area contributed by atoms with Crippen molar-refractivity contribution in [1.82, 2.24) is 15.5 Å². The molecular weight excluding hydrogens is 459 g/mol. The fourth-order valence-electron chi connectivity index (χ4n) is 3.06. The number of thiophene rings is 1. The van der Waals surface area contributed by atoms with Gasteiger partial charge in [0.15, 0.2) is 5.96 Å². The molecule has 2 rings (SSSR count). The van der Waals surface area contributed by atoms with Crippen LogP contribution in [0.5, 0.6) is 0 Å². The molecule has 0 aliphatic carbocycles. The number of aliphatic imine (C=N–C) groups is 1. The monoisotopic (exact) mass is 494 g/mol. The first kappa shape index (κ1) is 23.7. The predicted octanol–water partition coefficient (Wildman–Crippen LogP) is 3.73. The summed E-state index contributed by atoms with van der Waals surface area (Å²) in [6, 6.07) is 4.83. The van der Waals surface area contributed by atoms with Gasteiger partial charge in [-0.15, -0.1) is 35.3 Å². The minimum absolute atomic E-state index is 0. The molecule has 0 bridgehead atoms. The predicted molar refractivity (Wildman–Crippen MR) is 123 cm³/mol. The van der Waals surface area contributed by atoms with Gasteiger partial charge in [-0.05, 0) is 49.7 Å². The average molecular weight is 494 g/mol. The lowest BCUT2D eigenvalue weighted by Crippen LogP contribution is -2.42. The Morgan fingerprint density at radius 2 is 2.08 bits per heavy atom. The molecule has 26 heavy (non-hydrogen) atoms. The van der Waals surface area contributed by atoms with E-state index in [-0.39, 0.29) is 24.0 Å². The number of ether oxygens (including phenoxy) is 1. The lowest BCUT2D eigenvalue weighted by atomic mass is 10.2. The van der Waals surface area contributed by atoms with E-state index >= 15 is 0 Å². The van der Waals surface area contributed by atoms with Crippen LogP contribution in [0.4, 0.5) is 0 Å².